The fourth-order valence-electron chi connectivity index (χ4n) is 3.48. The van der Waals surface area contributed by atoms with E-state index in [1.54, 1.807) is 30.5 Å². The van der Waals surface area contributed by atoms with Crippen molar-refractivity contribution >= 4 is 17.4 Å². The summed E-state index contributed by atoms with van der Waals surface area (Å²) >= 11 is 0. The molecule has 1 N–H and O–H groups in total. The van der Waals surface area contributed by atoms with Crippen molar-refractivity contribution in [1.82, 2.24) is 4.98 Å². The third-order valence-corrected chi connectivity index (χ3v) is 5.07. The van der Waals surface area contributed by atoms with Crippen molar-refractivity contribution < 1.29 is 27.4 Å². The fraction of sp³-hybridized carbons (Fsp3) is 0.217. The Balaban J connectivity index is 1.44. The van der Waals surface area contributed by atoms with Gasteiger partial charge in [-0.25, -0.2) is 4.79 Å². The molecule has 6 nitrogen and oxygen atoms in total. The largest absolute Gasteiger partial charge is 0.496 e. The molecule has 2 heterocycles. The molecule has 4 rings (SSSR count). The zero-order valence-corrected chi connectivity index (χ0v) is 17.1. The summed E-state index contributed by atoms with van der Waals surface area (Å²) in [5.41, 5.74) is 1.23. The van der Waals surface area contributed by atoms with Crippen LogP contribution in [0, 0.1) is 0 Å². The van der Waals surface area contributed by atoms with Gasteiger partial charge in [0.25, 0.3) is 0 Å². The van der Waals surface area contributed by atoms with Gasteiger partial charge in [0.05, 0.1) is 18.4 Å². The first-order valence-electron chi connectivity index (χ1n) is 9.84. The molecule has 1 aliphatic rings. The van der Waals surface area contributed by atoms with Crippen LogP contribution in [0.4, 0.5) is 29.3 Å². The van der Waals surface area contributed by atoms with Crippen LogP contribution in [0.1, 0.15) is 16.8 Å². The molecule has 166 valence electrons. The standard InChI is InChI=1S/C23H20F3N3O3/c1-31-21-12-15-9-11-29(20(15)13-19(21)23(24,25)26)22(30)28-16-5-7-18(8-6-16)32-14-17-4-2-3-10-27-17/h2-8,10,12-13H,9,11,14H2,1H3,(H,28,30). The lowest BCUT2D eigenvalue weighted by molar-refractivity contribution is -0.138. The van der Waals surface area contributed by atoms with Crippen LogP contribution in [0.5, 0.6) is 11.5 Å². The van der Waals surface area contributed by atoms with E-state index in [0.717, 1.165) is 11.8 Å². The number of nitrogens with zero attached hydrogens (tertiary/aromatic N) is 2. The third-order valence-electron chi connectivity index (χ3n) is 5.07. The van der Waals surface area contributed by atoms with Gasteiger partial charge in [-0.15, -0.1) is 0 Å². The number of anilines is 2. The van der Waals surface area contributed by atoms with E-state index >= 15 is 0 Å². The number of nitrogens with one attached hydrogen (secondary N) is 1. The lowest BCUT2D eigenvalue weighted by Crippen LogP contribution is -2.33. The monoisotopic (exact) mass is 443 g/mol. The van der Waals surface area contributed by atoms with Crippen molar-refractivity contribution in [2.75, 3.05) is 23.9 Å². The second-order valence-corrected chi connectivity index (χ2v) is 7.14. The second kappa shape index (κ2) is 8.78. The van der Waals surface area contributed by atoms with E-state index in [0.29, 0.717) is 30.0 Å². The van der Waals surface area contributed by atoms with Gasteiger partial charge in [0.1, 0.15) is 18.1 Å². The highest BCUT2D eigenvalue weighted by atomic mass is 19.4. The summed E-state index contributed by atoms with van der Waals surface area (Å²) in [5, 5.41) is 2.72. The second-order valence-electron chi connectivity index (χ2n) is 7.14. The number of ether oxygens (including phenoxy) is 2. The van der Waals surface area contributed by atoms with Crippen LogP contribution in [0.2, 0.25) is 0 Å². The number of fused-ring (bicyclic) bond motifs is 1. The predicted molar refractivity (Wildman–Crippen MR) is 113 cm³/mol. The molecule has 0 radical (unpaired) electrons. The maximum atomic E-state index is 13.4. The number of benzene rings is 2. The summed E-state index contributed by atoms with van der Waals surface area (Å²) in [5.74, 6) is 0.349. The lowest BCUT2D eigenvalue weighted by Gasteiger charge is -2.20. The van der Waals surface area contributed by atoms with E-state index in [-0.39, 0.29) is 18.0 Å². The van der Waals surface area contributed by atoms with Crippen LogP contribution in [0.15, 0.2) is 60.8 Å². The first kappa shape index (κ1) is 21.5. The Morgan fingerprint density at radius 3 is 2.59 bits per heavy atom. The van der Waals surface area contributed by atoms with Crippen LogP contribution in [0.3, 0.4) is 0 Å². The number of urea groups is 1. The molecule has 0 fully saturated rings. The van der Waals surface area contributed by atoms with E-state index in [9.17, 15) is 18.0 Å². The minimum Gasteiger partial charge on any atom is -0.496 e. The molecule has 9 heteroatoms. The molecule has 2 aromatic carbocycles. The maximum Gasteiger partial charge on any atom is 0.420 e. The highest BCUT2D eigenvalue weighted by Gasteiger charge is 2.37. The van der Waals surface area contributed by atoms with Crippen molar-refractivity contribution in [3.05, 3.63) is 77.6 Å². The molecule has 0 saturated heterocycles. The van der Waals surface area contributed by atoms with Crippen LogP contribution in [-0.4, -0.2) is 24.7 Å². The number of pyridine rings is 1. The van der Waals surface area contributed by atoms with E-state index in [1.165, 1.54) is 18.1 Å². The third kappa shape index (κ3) is 4.61. The van der Waals surface area contributed by atoms with E-state index in [1.807, 2.05) is 18.2 Å². The number of halogens is 3. The van der Waals surface area contributed by atoms with Gasteiger partial charge < -0.3 is 14.8 Å². The summed E-state index contributed by atoms with van der Waals surface area (Å²) < 4.78 is 50.7. The predicted octanol–water partition coefficient (Wildman–Crippen LogP) is 5.28. The molecule has 0 spiro atoms. The van der Waals surface area contributed by atoms with Crippen molar-refractivity contribution in [3.63, 3.8) is 0 Å². The zero-order valence-electron chi connectivity index (χ0n) is 17.1. The topological polar surface area (TPSA) is 63.7 Å². The number of carbonyl (C=O) groups excluding carboxylic acids is 1. The average Bonchev–Trinajstić information content (AvgIpc) is 3.21. The summed E-state index contributed by atoms with van der Waals surface area (Å²) in [6, 6.07) is 14.1. The minimum atomic E-state index is -4.59. The van der Waals surface area contributed by atoms with E-state index < -0.39 is 17.8 Å². The summed E-state index contributed by atoms with van der Waals surface area (Å²) in [6.07, 6.45) is -2.46. The Kier molecular flexibility index (Phi) is 5.89. The van der Waals surface area contributed by atoms with Gasteiger partial charge in [0.15, 0.2) is 0 Å². The van der Waals surface area contributed by atoms with Crippen LogP contribution in [-0.2, 0) is 19.2 Å². The van der Waals surface area contributed by atoms with E-state index in [2.05, 4.69) is 10.3 Å². The number of aromatic nitrogens is 1. The highest BCUT2D eigenvalue weighted by molar-refractivity contribution is 6.03. The van der Waals surface area contributed by atoms with Gasteiger partial charge in [-0.05, 0) is 60.5 Å². The number of rotatable bonds is 5. The SMILES string of the molecule is COc1cc2c(cc1C(F)(F)F)N(C(=O)Nc1ccc(OCc3ccccn3)cc1)CC2. The van der Waals surface area contributed by atoms with Crippen LogP contribution in [0.25, 0.3) is 0 Å². The Morgan fingerprint density at radius 1 is 1.16 bits per heavy atom. The van der Waals surface area contributed by atoms with Crippen molar-refractivity contribution in [2.24, 2.45) is 0 Å². The molecular formula is C23H20F3N3O3. The van der Waals surface area contributed by atoms with Gasteiger partial charge in [-0.3, -0.25) is 9.88 Å². The summed E-state index contributed by atoms with van der Waals surface area (Å²) in [6.45, 7) is 0.582. The molecule has 1 aromatic heterocycles. The average molecular weight is 443 g/mol. The number of methoxy groups -OCH3 is 1. The number of carbonyl (C=O) groups is 1. The Labute approximate surface area is 182 Å². The van der Waals surface area contributed by atoms with Gasteiger partial charge in [0, 0.05) is 24.1 Å². The lowest BCUT2D eigenvalue weighted by atomic mass is 10.1. The fourth-order valence-corrected chi connectivity index (χ4v) is 3.48. The Hall–Kier alpha value is -3.75. The minimum absolute atomic E-state index is 0.228. The zero-order chi connectivity index (χ0) is 22.7. The van der Waals surface area contributed by atoms with Crippen molar-refractivity contribution in [1.29, 1.82) is 0 Å². The molecule has 0 unspecified atom stereocenters. The normalized spacial score (nSPS) is 12.9. The molecule has 0 saturated carbocycles. The molecule has 0 atom stereocenters. The van der Waals surface area contributed by atoms with Crippen LogP contribution < -0.4 is 19.7 Å². The quantitative estimate of drug-likeness (QED) is 0.583. The number of hydrogen-bond acceptors (Lipinski definition) is 4. The van der Waals surface area contributed by atoms with Crippen LogP contribution >= 0.6 is 0 Å². The van der Waals surface area contributed by atoms with Gasteiger partial charge >= 0.3 is 12.2 Å². The molecule has 2 amide bonds. The molecule has 1 aliphatic heterocycles. The Morgan fingerprint density at radius 2 is 1.94 bits per heavy atom. The van der Waals surface area contributed by atoms with Gasteiger partial charge in [-0.2, -0.15) is 13.2 Å². The highest BCUT2D eigenvalue weighted by Crippen LogP contribution is 2.42. The molecular weight excluding hydrogens is 423 g/mol. The van der Waals surface area contributed by atoms with E-state index in [4.69, 9.17) is 9.47 Å². The maximum absolute atomic E-state index is 13.4. The molecule has 3 aromatic rings. The number of amides is 2. The number of alkyl halides is 3. The van der Waals surface area contributed by atoms with Crippen molar-refractivity contribution in [3.8, 4) is 11.5 Å². The first-order chi connectivity index (χ1) is 15.3. The summed E-state index contributed by atoms with van der Waals surface area (Å²) in [7, 11) is 1.19. The Bertz CT molecular complexity index is 1100. The van der Waals surface area contributed by atoms with Crippen molar-refractivity contribution in [2.45, 2.75) is 19.2 Å². The molecule has 0 aliphatic carbocycles. The summed E-state index contributed by atoms with van der Waals surface area (Å²) in [4.78, 5) is 18.2. The first-order valence-corrected chi connectivity index (χ1v) is 9.84. The molecule has 32 heavy (non-hydrogen) atoms. The molecule has 0 bridgehead atoms. The number of hydrogen-bond donors (Lipinski definition) is 1. The smallest absolute Gasteiger partial charge is 0.420 e. The van der Waals surface area contributed by atoms with Gasteiger partial charge in [0.2, 0.25) is 0 Å². The van der Waals surface area contributed by atoms with Gasteiger partial charge in [-0.1, -0.05) is 6.07 Å².